The summed E-state index contributed by atoms with van der Waals surface area (Å²) in [6, 6.07) is 7.53. The molecule has 3 aromatic heterocycles. The molecule has 200 valence electrons. The van der Waals surface area contributed by atoms with E-state index in [0.717, 1.165) is 24.1 Å². The average molecular weight is 523 g/mol. The van der Waals surface area contributed by atoms with Crippen LogP contribution in [-0.4, -0.2) is 44.9 Å². The van der Waals surface area contributed by atoms with Crippen LogP contribution in [0.25, 0.3) is 16.8 Å². The molecule has 38 heavy (non-hydrogen) atoms. The van der Waals surface area contributed by atoms with E-state index in [4.69, 9.17) is 15.2 Å². The first-order valence-corrected chi connectivity index (χ1v) is 12.7. The Labute approximate surface area is 220 Å². The third-order valence-corrected chi connectivity index (χ3v) is 7.04. The first-order chi connectivity index (χ1) is 18.2. The van der Waals surface area contributed by atoms with Gasteiger partial charge >= 0.3 is 0 Å². The van der Waals surface area contributed by atoms with Crippen LogP contribution >= 0.6 is 0 Å². The van der Waals surface area contributed by atoms with Crippen LogP contribution in [-0.2, 0) is 4.74 Å². The van der Waals surface area contributed by atoms with Crippen LogP contribution in [0.1, 0.15) is 45.1 Å². The average Bonchev–Trinajstić information content (AvgIpc) is 3.25. The Bertz CT molecular complexity index is 1410. The summed E-state index contributed by atoms with van der Waals surface area (Å²) in [7, 11) is 1.71. The lowest BCUT2D eigenvalue weighted by Crippen LogP contribution is -2.45. The van der Waals surface area contributed by atoms with Gasteiger partial charge in [-0.15, -0.1) is 0 Å². The summed E-state index contributed by atoms with van der Waals surface area (Å²) in [5.41, 5.74) is 8.86. The van der Waals surface area contributed by atoms with Crippen molar-refractivity contribution in [1.82, 2.24) is 19.6 Å². The molecule has 0 unspecified atom stereocenters. The quantitative estimate of drug-likeness (QED) is 0.333. The molecule has 1 aromatic carbocycles. The van der Waals surface area contributed by atoms with Crippen molar-refractivity contribution in [3.05, 3.63) is 66.1 Å². The minimum absolute atomic E-state index is 0.0233. The van der Waals surface area contributed by atoms with E-state index in [0.29, 0.717) is 17.4 Å². The highest BCUT2D eigenvalue weighted by Crippen LogP contribution is 2.40. The highest BCUT2D eigenvalue weighted by atomic mass is 19.1. The van der Waals surface area contributed by atoms with Gasteiger partial charge in [-0.2, -0.15) is 9.61 Å². The zero-order valence-corrected chi connectivity index (χ0v) is 21.9. The maximum absolute atomic E-state index is 15.0. The van der Waals surface area contributed by atoms with Crippen LogP contribution < -0.4 is 15.8 Å². The number of pyridine rings is 1. The summed E-state index contributed by atoms with van der Waals surface area (Å²) >= 11 is 0. The Morgan fingerprint density at radius 3 is 2.55 bits per heavy atom. The van der Waals surface area contributed by atoms with Crippen molar-refractivity contribution in [2.45, 2.75) is 57.8 Å². The van der Waals surface area contributed by atoms with E-state index in [1.807, 2.05) is 6.07 Å². The molecule has 1 saturated carbocycles. The van der Waals surface area contributed by atoms with E-state index in [2.05, 4.69) is 27.3 Å². The summed E-state index contributed by atoms with van der Waals surface area (Å²) < 4.78 is 42.5. The number of fused-ring (bicyclic) bond motifs is 1. The van der Waals surface area contributed by atoms with E-state index in [9.17, 15) is 8.78 Å². The van der Waals surface area contributed by atoms with Gasteiger partial charge in [0.25, 0.3) is 0 Å². The van der Waals surface area contributed by atoms with Crippen LogP contribution in [0.2, 0.25) is 0 Å². The molecule has 4 aromatic rings. The first kappa shape index (κ1) is 26.0. The fraction of sp³-hybridized carbons (Fsp3) is 0.393. The number of rotatable bonds is 7. The van der Waals surface area contributed by atoms with Crippen molar-refractivity contribution < 1.29 is 18.3 Å². The number of hydrogen-bond acceptors (Lipinski definition) is 7. The lowest BCUT2D eigenvalue weighted by atomic mass is 9.74. The molecule has 0 spiro atoms. The van der Waals surface area contributed by atoms with Gasteiger partial charge in [-0.25, -0.2) is 13.8 Å². The Morgan fingerprint density at radius 2 is 1.87 bits per heavy atom. The molecule has 1 aliphatic rings. The van der Waals surface area contributed by atoms with Crippen molar-refractivity contribution in [3.8, 4) is 17.0 Å². The SMILES string of the molecule is CO[C@H]1[C@H](N)C[C@H](c2ccncc2Nc2ncc3ccc(-c4c(F)cc(OC(C)C)cc4F)nn23)C[C@@H]1C. The smallest absolute Gasteiger partial charge is 0.229 e. The second kappa shape index (κ2) is 10.6. The molecule has 10 heteroatoms. The minimum Gasteiger partial charge on any atom is -0.491 e. The number of benzene rings is 1. The third kappa shape index (κ3) is 5.06. The van der Waals surface area contributed by atoms with E-state index in [1.165, 1.54) is 16.6 Å². The van der Waals surface area contributed by atoms with Gasteiger partial charge < -0.3 is 20.5 Å². The molecule has 4 atom stereocenters. The lowest BCUT2D eigenvalue weighted by Gasteiger charge is -2.38. The van der Waals surface area contributed by atoms with Gasteiger partial charge in [0.05, 0.1) is 47.1 Å². The number of methoxy groups -OCH3 is 1. The molecule has 0 saturated heterocycles. The predicted octanol–water partition coefficient (Wildman–Crippen LogP) is 5.46. The Morgan fingerprint density at radius 1 is 1.11 bits per heavy atom. The van der Waals surface area contributed by atoms with Crippen LogP contribution in [0.3, 0.4) is 0 Å². The molecule has 3 N–H and O–H groups in total. The molecule has 3 heterocycles. The van der Waals surface area contributed by atoms with Gasteiger partial charge in [-0.05, 0) is 62.3 Å². The summed E-state index contributed by atoms with van der Waals surface area (Å²) in [5.74, 6) is -0.473. The van der Waals surface area contributed by atoms with Gasteiger partial charge in [0, 0.05) is 31.5 Å². The predicted molar refractivity (Wildman–Crippen MR) is 142 cm³/mol. The van der Waals surface area contributed by atoms with Crippen molar-refractivity contribution >= 4 is 17.2 Å². The molecule has 0 bridgehead atoms. The third-order valence-electron chi connectivity index (χ3n) is 7.04. The van der Waals surface area contributed by atoms with Crippen molar-refractivity contribution in [3.63, 3.8) is 0 Å². The fourth-order valence-corrected chi connectivity index (χ4v) is 5.45. The molecular formula is C28H32F2N6O2. The number of aromatic nitrogens is 4. The number of anilines is 2. The maximum Gasteiger partial charge on any atom is 0.229 e. The van der Waals surface area contributed by atoms with Crippen LogP contribution in [0, 0.1) is 17.6 Å². The van der Waals surface area contributed by atoms with E-state index < -0.39 is 11.6 Å². The molecular weight excluding hydrogens is 490 g/mol. The van der Waals surface area contributed by atoms with E-state index in [-0.39, 0.29) is 41.2 Å². The van der Waals surface area contributed by atoms with E-state index >= 15 is 0 Å². The number of imidazole rings is 1. The Kier molecular flexibility index (Phi) is 7.27. The number of halogens is 2. The van der Waals surface area contributed by atoms with Gasteiger partial charge in [0.2, 0.25) is 5.95 Å². The Balaban J connectivity index is 1.47. The van der Waals surface area contributed by atoms with Crippen molar-refractivity contribution in [2.75, 3.05) is 12.4 Å². The second-order valence-corrected chi connectivity index (χ2v) is 10.2. The summed E-state index contributed by atoms with van der Waals surface area (Å²) in [4.78, 5) is 8.77. The van der Waals surface area contributed by atoms with Crippen molar-refractivity contribution in [1.29, 1.82) is 0 Å². The normalized spacial score (nSPS) is 21.7. The van der Waals surface area contributed by atoms with E-state index in [1.54, 1.807) is 51.7 Å². The monoisotopic (exact) mass is 522 g/mol. The first-order valence-electron chi connectivity index (χ1n) is 12.7. The summed E-state index contributed by atoms with van der Waals surface area (Å²) in [5, 5.41) is 7.85. The van der Waals surface area contributed by atoms with Gasteiger partial charge in [0.1, 0.15) is 17.4 Å². The van der Waals surface area contributed by atoms with Gasteiger partial charge in [-0.1, -0.05) is 6.92 Å². The lowest BCUT2D eigenvalue weighted by molar-refractivity contribution is 0.00984. The number of nitrogens with two attached hydrogens (primary N) is 1. The molecule has 1 fully saturated rings. The molecule has 0 amide bonds. The molecule has 0 aliphatic heterocycles. The highest BCUT2D eigenvalue weighted by Gasteiger charge is 2.35. The van der Waals surface area contributed by atoms with Crippen LogP contribution in [0.5, 0.6) is 5.75 Å². The number of nitrogens with one attached hydrogen (secondary N) is 1. The standard InChI is InChI=1S/C28H32F2N6O2/c1-15(2)38-19-11-21(29)26(22(30)12-19)24-6-5-18-13-33-28(36(18)35-24)34-25-14-32-8-7-20(25)17-9-16(3)27(37-4)23(31)10-17/h5-8,11-17,23,27H,9-10,31H2,1-4H3,(H,33,34)/t16-,17+,23+,27+/m0/s1. The molecule has 5 rings (SSSR count). The molecule has 8 nitrogen and oxygen atoms in total. The second-order valence-electron chi connectivity index (χ2n) is 10.2. The Hall–Kier alpha value is -3.63. The number of hydrogen-bond donors (Lipinski definition) is 2. The largest absolute Gasteiger partial charge is 0.491 e. The van der Waals surface area contributed by atoms with Crippen molar-refractivity contribution in [2.24, 2.45) is 11.7 Å². The minimum atomic E-state index is -0.756. The van der Waals surface area contributed by atoms with Gasteiger partial charge in [0.15, 0.2) is 0 Å². The molecule has 1 aliphatic carbocycles. The summed E-state index contributed by atoms with van der Waals surface area (Å²) in [6.07, 6.45) is 6.66. The summed E-state index contributed by atoms with van der Waals surface area (Å²) in [6.45, 7) is 5.74. The molecule has 0 radical (unpaired) electrons. The fourth-order valence-electron chi connectivity index (χ4n) is 5.45. The zero-order chi connectivity index (χ0) is 27.0. The maximum atomic E-state index is 15.0. The number of ether oxygens (including phenoxy) is 2. The van der Waals surface area contributed by atoms with Crippen LogP contribution in [0.4, 0.5) is 20.4 Å². The van der Waals surface area contributed by atoms with Crippen LogP contribution in [0.15, 0.2) is 48.9 Å². The zero-order valence-electron chi connectivity index (χ0n) is 21.9. The highest BCUT2D eigenvalue weighted by molar-refractivity contribution is 5.66. The van der Waals surface area contributed by atoms with Gasteiger partial charge in [-0.3, -0.25) is 4.98 Å². The topological polar surface area (TPSA) is 99.6 Å². The number of nitrogens with zero attached hydrogens (tertiary/aromatic N) is 4.